The van der Waals surface area contributed by atoms with Gasteiger partial charge in [0, 0.05) is 13.0 Å². The van der Waals surface area contributed by atoms with Crippen molar-refractivity contribution in [1.82, 2.24) is 5.32 Å². The van der Waals surface area contributed by atoms with E-state index in [0.717, 1.165) is 12.8 Å². The fourth-order valence-electron chi connectivity index (χ4n) is 1.40. The van der Waals surface area contributed by atoms with Crippen LogP contribution in [0.4, 0.5) is 0 Å². The summed E-state index contributed by atoms with van der Waals surface area (Å²) in [6, 6.07) is -1.09. The molecule has 2 atom stereocenters. The second-order valence-electron chi connectivity index (χ2n) is 3.97. The SMILES string of the molecule is CCCCC(O)CC(=O)N[C@@H](CCO)C(=O)O. The zero-order valence-corrected chi connectivity index (χ0v) is 10.1. The number of rotatable bonds is 9. The van der Waals surface area contributed by atoms with Gasteiger partial charge >= 0.3 is 5.97 Å². The Hall–Kier alpha value is -1.14. The van der Waals surface area contributed by atoms with Crippen LogP contribution in [0.2, 0.25) is 0 Å². The highest BCUT2D eigenvalue weighted by molar-refractivity contribution is 5.83. The highest BCUT2D eigenvalue weighted by atomic mass is 16.4. The molecule has 1 unspecified atom stereocenters. The Morgan fingerprint density at radius 2 is 1.94 bits per heavy atom. The molecular weight excluding hydrogens is 226 g/mol. The predicted molar refractivity (Wildman–Crippen MR) is 61.4 cm³/mol. The molecule has 6 nitrogen and oxygen atoms in total. The number of carbonyl (C=O) groups is 2. The summed E-state index contributed by atoms with van der Waals surface area (Å²) in [5.74, 6) is -1.69. The van der Waals surface area contributed by atoms with E-state index in [1.165, 1.54) is 0 Å². The standard InChI is InChI=1S/C11H21NO5/c1-2-3-4-8(14)7-10(15)12-9(5-6-13)11(16)17/h8-9,13-14H,2-7H2,1H3,(H,12,15)(H,16,17)/t8?,9-/m0/s1. The Morgan fingerprint density at radius 3 is 2.41 bits per heavy atom. The molecule has 0 bridgehead atoms. The van der Waals surface area contributed by atoms with E-state index in [1.807, 2.05) is 6.92 Å². The summed E-state index contributed by atoms with van der Waals surface area (Å²) >= 11 is 0. The summed E-state index contributed by atoms with van der Waals surface area (Å²) in [6.45, 7) is 1.67. The van der Waals surface area contributed by atoms with Crippen molar-refractivity contribution in [2.24, 2.45) is 0 Å². The van der Waals surface area contributed by atoms with Crippen molar-refractivity contribution in [3.8, 4) is 0 Å². The van der Waals surface area contributed by atoms with Gasteiger partial charge in [-0.25, -0.2) is 4.79 Å². The molecule has 0 aromatic rings. The topological polar surface area (TPSA) is 107 Å². The maximum absolute atomic E-state index is 11.4. The first-order valence-electron chi connectivity index (χ1n) is 5.82. The van der Waals surface area contributed by atoms with Gasteiger partial charge in [0.15, 0.2) is 0 Å². The van der Waals surface area contributed by atoms with Crippen LogP contribution in [-0.2, 0) is 9.59 Å². The first kappa shape index (κ1) is 15.9. The lowest BCUT2D eigenvalue weighted by Gasteiger charge is -2.15. The van der Waals surface area contributed by atoms with Crippen LogP contribution < -0.4 is 5.32 Å². The first-order valence-corrected chi connectivity index (χ1v) is 5.82. The van der Waals surface area contributed by atoms with E-state index in [-0.39, 0.29) is 19.4 Å². The molecule has 4 N–H and O–H groups in total. The van der Waals surface area contributed by atoms with Crippen LogP contribution in [0.1, 0.15) is 39.0 Å². The monoisotopic (exact) mass is 247 g/mol. The number of aliphatic carboxylic acids is 1. The smallest absolute Gasteiger partial charge is 0.326 e. The summed E-state index contributed by atoms with van der Waals surface area (Å²) in [5, 5.41) is 29.1. The number of amides is 1. The van der Waals surface area contributed by atoms with E-state index >= 15 is 0 Å². The van der Waals surface area contributed by atoms with E-state index < -0.39 is 24.0 Å². The molecule has 1 amide bonds. The van der Waals surface area contributed by atoms with E-state index in [0.29, 0.717) is 6.42 Å². The molecule has 0 saturated carbocycles. The molecule has 6 heteroatoms. The lowest BCUT2D eigenvalue weighted by Crippen LogP contribution is -2.42. The van der Waals surface area contributed by atoms with Gasteiger partial charge in [-0.3, -0.25) is 4.79 Å². The average molecular weight is 247 g/mol. The van der Waals surface area contributed by atoms with Crippen molar-refractivity contribution >= 4 is 11.9 Å². The number of unbranched alkanes of at least 4 members (excludes halogenated alkanes) is 1. The summed E-state index contributed by atoms with van der Waals surface area (Å²) < 4.78 is 0. The number of aliphatic hydroxyl groups excluding tert-OH is 2. The molecule has 0 aliphatic heterocycles. The molecule has 0 rings (SSSR count). The molecule has 0 aromatic heterocycles. The van der Waals surface area contributed by atoms with Gasteiger partial charge in [0.25, 0.3) is 0 Å². The number of carboxylic acids is 1. The summed E-state index contributed by atoms with van der Waals surface area (Å²) in [7, 11) is 0. The first-order chi connectivity index (χ1) is 8.01. The fourth-order valence-corrected chi connectivity index (χ4v) is 1.40. The van der Waals surface area contributed by atoms with Gasteiger partial charge in [-0.2, -0.15) is 0 Å². The number of carbonyl (C=O) groups excluding carboxylic acids is 1. The van der Waals surface area contributed by atoms with Crippen LogP contribution in [0.25, 0.3) is 0 Å². The van der Waals surface area contributed by atoms with Gasteiger partial charge < -0.3 is 20.6 Å². The van der Waals surface area contributed by atoms with Crippen LogP contribution in [0.15, 0.2) is 0 Å². The van der Waals surface area contributed by atoms with E-state index in [1.54, 1.807) is 0 Å². The highest BCUT2D eigenvalue weighted by Gasteiger charge is 2.20. The van der Waals surface area contributed by atoms with Crippen molar-refractivity contribution in [2.75, 3.05) is 6.61 Å². The number of nitrogens with one attached hydrogen (secondary N) is 1. The Morgan fingerprint density at radius 1 is 1.29 bits per heavy atom. The normalized spacial score (nSPS) is 14.1. The zero-order valence-electron chi connectivity index (χ0n) is 10.1. The van der Waals surface area contributed by atoms with Gasteiger partial charge in [-0.1, -0.05) is 19.8 Å². The summed E-state index contributed by atoms with van der Waals surface area (Å²) in [6.07, 6.45) is 1.41. The third-order valence-electron chi connectivity index (χ3n) is 2.36. The van der Waals surface area contributed by atoms with E-state index in [2.05, 4.69) is 5.32 Å². The molecular formula is C11H21NO5. The molecule has 0 radical (unpaired) electrons. The van der Waals surface area contributed by atoms with Crippen LogP contribution in [0.5, 0.6) is 0 Å². The van der Waals surface area contributed by atoms with E-state index in [9.17, 15) is 14.7 Å². The van der Waals surface area contributed by atoms with Gasteiger partial charge in [-0.05, 0) is 6.42 Å². The Kier molecular flexibility index (Phi) is 8.35. The Balaban J connectivity index is 4.00. The Labute approximate surface area is 101 Å². The minimum atomic E-state index is -1.18. The number of hydrogen-bond donors (Lipinski definition) is 4. The lowest BCUT2D eigenvalue weighted by molar-refractivity contribution is -0.142. The van der Waals surface area contributed by atoms with Crippen molar-refractivity contribution in [3.05, 3.63) is 0 Å². The number of hydrogen-bond acceptors (Lipinski definition) is 4. The maximum atomic E-state index is 11.4. The zero-order chi connectivity index (χ0) is 13.3. The third-order valence-corrected chi connectivity index (χ3v) is 2.36. The number of aliphatic hydroxyl groups is 2. The molecule has 17 heavy (non-hydrogen) atoms. The maximum Gasteiger partial charge on any atom is 0.326 e. The van der Waals surface area contributed by atoms with Crippen LogP contribution in [0.3, 0.4) is 0 Å². The summed E-state index contributed by atoms with van der Waals surface area (Å²) in [5.41, 5.74) is 0. The van der Waals surface area contributed by atoms with Crippen LogP contribution >= 0.6 is 0 Å². The van der Waals surface area contributed by atoms with Crippen molar-refractivity contribution < 1.29 is 24.9 Å². The minimum absolute atomic E-state index is 0.0356. The van der Waals surface area contributed by atoms with Crippen molar-refractivity contribution in [2.45, 2.75) is 51.2 Å². The van der Waals surface area contributed by atoms with Crippen LogP contribution in [-0.4, -0.2) is 45.9 Å². The fraction of sp³-hybridized carbons (Fsp3) is 0.818. The quantitative estimate of drug-likeness (QED) is 0.454. The molecule has 0 fully saturated rings. The second-order valence-corrected chi connectivity index (χ2v) is 3.97. The van der Waals surface area contributed by atoms with Gasteiger partial charge in [0.05, 0.1) is 12.5 Å². The van der Waals surface area contributed by atoms with Gasteiger partial charge in [-0.15, -0.1) is 0 Å². The van der Waals surface area contributed by atoms with Gasteiger partial charge in [0.1, 0.15) is 6.04 Å². The molecule has 0 aliphatic carbocycles. The molecule has 100 valence electrons. The molecule has 0 aliphatic rings. The second kappa shape index (κ2) is 8.95. The minimum Gasteiger partial charge on any atom is -0.480 e. The van der Waals surface area contributed by atoms with Crippen LogP contribution in [0, 0.1) is 0 Å². The van der Waals surface area contributed by atoms with Crippen molar-refractivity contribution in [3.63, 3.8) is 0 Å². The largest absolute Gasteiger partial charge is 0.480 e. The summed E-state index contributed by atoms with van der Waals surface area (Å²) in [4.78, 5) is 22.1. The molecule has 0 saturated heterocycles. The van der Waals surface area contributed by atoms with Gasteiger partial charge in [0.2, 0.25) is 5.91 Å². The van der Waals surface area contributed by atoms with E-state index in [4.69, 9.17) is 10.2 Å². The highest BCUT2D eigenvalue weighted by Crippen LogP contribution is 2.04. The molecule has 0 spiro atoms. The Bertz CT molecular complexity index is 244. The molecule has 0 heterocycles. The third kappa shape index (κ3) is 7.70. The lowest BCUT2D eigenvalue weighted by atomic mass is 10.1. The van der Waals surface area contributed by atoms with Crippen molar-refractivity contribution in [1.29, 1.82) is 0 Å². The molecule has 0 aromatic carbocycles. The average Bonchev–Trinajstić information content (AvgIpc) is 2.25. The predicted octanol–water partition coefficient (Wildman–Crippen LogP) is -0.121. The number of carboxylic acid groups (broad SMARTS) is 1.